The molecule has 154 valence electrons. The molecule has 2 aromatic carbocycles. The maximum absolute atomic E-state index is 12.7. The van der Waals surface area contributed by atoms with Gasteiger partial charge in [-0.05, 0) is 43.2 Å². The summed E-state index contributed by atoms with van der Waals surface area (Å²) in [4.78, 5) is 26.7. The molecular weight excluding hydrogens is 370 g/mol. The molecule has 1 fully saturated rings. The fraction of sp³-hybridized carbons (Fsp3) is 0.364. The minimum Gasteiger partial charge on any atom is -0.496 e. The van der Waals surface area contributed by atoms with E-state index in [1.54, 1.807) is 36.3 Å². The van der Waals surface area contributed by atoms with Gasteiger partial charge in [0.25, 0.3) is 5.91 Å². The van der Waals surface area contributed by atoms with E-state index in [9.17, 15) is 9.59 Å². The van der Waals surface area contributed by atoms with Gasteiger partial charge in [-0.1, -0.05) is 24.3 Å². The van der Waals surface area contributed by atoms with Crippen LogP contribution in [0, 0.1) is 0 Å². The summed E-state index contributed by atoms with van der Waals surface area (Å²) in [6.07, 6.45) is 0.688. The van der Waals surface area contributed by atoms with Crippen molar-refractivity contribution in [1.29, 1.82) is 0 Å². The lowest BCUT2D eigenvalue weighted by molar-refractivity contribution is -0.0124. The maximum Gasteiger partial charge on any atom is 0.319 e. The van der Waals surface area contributed by atoms with Crippen molar-refractivity contribution in [3.05, 3.63) is 59.7 Å². The molecule has 1 aliphatic rings. The minimum atomic E-state index is -0.315. The standard InChI is InChI=1S/C22H27N3O4/c1-16-15-25(12-13-29-16)21(26)18-7-5-8-19(14-18)24-22(27)23-11-10-17-6-3-4-9-20(17)28-2/h3-9,14,16H,10-13,15H2,1-2H3,(H2,23,24,27). The van der Waals surface area contributed by atoms with Crippen molar-refractivity contribution >= 4 is 17.6 Å². The van der Waals surface area contributed by atoms with Crippen LogP contribution in [0.1, 0.15) is 22.8 Å². The van der Waals surface area contributed by atoms with E-state index in [4.69, 9.17) is 9.47 Å². The van der Waals surface area contributed by atoms with Crippen molar-refractivity contribution in [2.75, 3.05) is 38.7 Å². The lowest BCUT2D eigenvalue weighted by atomic mass is 10.1. The molecule has 2 aromatic rings. The molecule has 29 heavy (non-hydrogen) atoms. The van der Waals surface area contributed by atoms with Crippen LogP contribution in [0.5, 0.6) is 5.75 Å². The van der Waals surface area contributed by atoms with Crippen LogP contribution in [-0.4, -0.2) is 56.3 Å². The Morgan fingerprint density at radius 2 is 2.03 bits per heavy atom. The highest BCUT2D eigenvalue weighted by atomic mass is 16.5. The van der Waals surface area contributed by atoms with Crippen molar-refractivity contribution in [1.82, 2.24) is 10.2 Å². The molecule has 0 radical (unpaired) electrons. The number of methoxy groups -OCH3 is 1. The molecule has 0 spiro atoms. The van der Waals surface area contributed by atoms with Crippen molar-refractivity contribution in [3.63, 3.8) is 0 Å². The largest absolute Gasteiger partial charge is 0.496 e. The van der Waals surface area contributed by atoms with E-state index >= 15 is 0 Å². The van der Waals surface area contributed by atoms with Crippen LogP contribution in [0.4, 0.5) is 10.5 Å². The summed E-state index contributed by atoms with van der Waals surface area (Å²) < 4.78 is 10.8. The van der Waals surface area contributed by atoms with Gasteiger partial charge in [-0.2, -0.15) is 0 Å². The van der Waals surface area contributed by atoms with Crippen molar-refractivity contribution in [2.45, 2.75) is 19.4 Å². The maximum atomic E-state index is 12.7. The molecule has 1 saturated heterocycles. The van der Waals surface area contributed by atoms with Crippen LogP contribution >= 0.6 is 0 Å². The van der Waals surface area contributed by atoms with E-state index in [1.807, 2.05) is 31.2 Å². The summed E-state index contributed by atoms with van der Waals surface area (Å²) in [5.41, 5.74) is 2.15. The Bertz CT molecular complexity index is 855. The van der Waals surface area contributed by atoms with Gasteiger partial charge in [0.05, 0.1) is 19.8 Å². The number of morpholine rings is 1. The Morgan fingerprint density at radius 3 is 2.83 bits per heavy atom. The van der Waals surface area contributed by atoms with E-state index in [2.05, 4.69) is 10.6 Å². The van der Waals surface area contributed by atoms with Gasteiger partial charge in [-0.15, -0.1) is 0 Å². The number of carbonyl (C=O) groups excluding carboxylic acids is 2. The second-order valence-corrected chi connectivity index (χ2v) is 6.96. The number of nitrogens with zero attached hydrogens (tertiary/aromatic N) is 1. The monoisotopic (exact) mass is 397 g/mol. The molecule has 0 aliphatic carbocycles. The predicted molar refractivity (Wildman–Crippen MR) is 111 cm³/mol. The Hall–Kier alpha value is -3.06. The van der Waals surface area contributed by atoms with E-state index in [0.717, 1.165) is 11.3 Å². The molecule has 2 N–H and O–H groups in total. The Morgan fingerprint density at radius 1 is 1.21 bits per heavy atom. The number of rotatable bonds is 6. The smallest absolute Gasteiger partial charge is 0.319 e. The lowest BCUT2D eigenvalue weighted by Gasteiger charge is -2.31. The molecule has 3 rings (SSSR count). The van der Waals surface area contributed by atoms with Crippen LogP contribution in [0.2, 0.25) is 0 Å². The molecule has 7 heteroatoms. The van der Waals surface area contributed by atoms with Crippen molar-refractivity contribution < 1.29 is 19.1 Å². The van der Waals surface area contributed by atoms with E-state index in [0.29, 0.717) is 43.9 Å². The molecule has 0 aromatic heterocycles. The van der Waals surface area contributed by atoms with Crippen molar-refractivity contribution in [2.24, 2.45) is 0 Å². The van der Waals surface area contributed by atoms with Crippen LogP contribution < -0.4 is 15.4 Å². The van der Waals surface area contributed by atoms with Gasteiger partial charge >= 0.3 is 6.03 Å². The SMILES string of the molecule is COc1ccccc1CCNC(=O)Nc1cccc(C(=O)N2CCOC(C)C2)c1. The van der Waals surface area contributed by atoms with E-state index < -0.39 is 0 Å². The molecule has 3 amide bonds. The number of amides is 3. The number of urea groups is 1. The van der Waals surface area contributed by atoms with Gasteiger partial charge in [0.15, 0.2) is 0 Å². The van der Waals surface area contributed by atoms with Crippen LogP contribution in [0.3, 0.4) is 0 Å². The predicted octanol–water partition coefficient (Wildman–Crippen LogP) is 2.92. The second-order valence-electron chi connectivity index (χ2n) is 6.96. The van der Waals surface area contributed by atoms with Gasteiger partial charge in [-0.3, -0.25) is 4.79 Å². The molecule has 1 aliphatic heterocycles. The fourth-order valence-electron chi connectivity index (χ4n) is 3.31. The zero-order valence-corrected chi connectivity index (χ0v) is 16.8. The number of anilines is 1. The molecule has 1 unspecified atom stereocenters. The molecular formula is C22H27N3O4. The van der Waals surface area contributed by atoms with Crippen LogP contribution in [0.25, 0.3) is 0 Å². The van der Waals surface area contributed by atoms with Gasteiger partial charge in [0, 0.05) is 30.9 Å². The first-order valence-corrected chi connectivity index (χ1v) is 9.74. The summed E-state index contributed by atoms with van der Waals surface area (Å²) in [5, 5.41) is 5.62. The van der Waals surface area contributed by atoms with E-state index in [-0.39, 0.29) is 18.0 Å². The van der Waals surface area contributed by atoms with E-state index in [1.165, 1.54) is 0 Å². The number of ether oxygens (including phenoxy) is 2. The number of carbonyl (C=O) groups is 2. The van der Waals surface area contributed by atoms with Gasteiger partial charge in [0.1, 0.15) is 5.75 Å². The molecule has 1 atom stereocenters. The third-order valence-electron chi connectivity index (χ3n) is 4.77. The third kappa shape index (κ3) is 5.71. The Labute approximate surface area is 171 Å². The molecule has 1 heterocycles. The third-order valence-corrected chi connectivity index (χ3v) is 4.77. The highest BCUT2D eigenvalue weighted by Gasteiger charge is 2.22. The normalized spacial score (nSPS) is 16.2. The van der Waals surface area contributed by atoms with Gasteiger partial charge in [-0.25, -0.2) is 4.79 Å². The zero-order chi connectivity index (χ0) is 20.6. The Balaban J connectivity index is 1.53. The molecule has 0 saturated carbocycles. The quantitative estimate of drug-likeness (QED) is 0.786. The summed E-state index contributed by atoms with van der Waals surface area (Å²) in [6.45, 7) is 4.10. The number of para-hydroxylation sites is 1. The fourth-order valence-corrected chi connectivity index (χ4v) is 3.31. The first kappa shape index (κ1) is 20.7. The van der Waals surface area contributed by atoms with Crippen molar-refractivity contribution in [3.8, 4) is 5.75 Å². The highest BCUT2D eigenvalue weighted by molar-refractivity contribution is 5.97. The summed E-state index contributed by atoms with van der Waals surface area (Å²) in [5.74, 6) is 0.749. The Kier molecular flexibility index (Phi) is 7.08. The number of benzene rings is 2. The summed E-state index contributed by atoms with van der Waals surface area (Å²) in [6, 6.07) is 14.4. The zero-order valence-electron chi connectivity index (χ0n) is 16.8. The number of hydrogen-bond donors (Lipinski definition) is 2. The molecule has 7 nitrogen and oxygen atoms in total. The average molecular weight is 397 g/mol. The summed E-state index contributed by atoms with van der Waals surface area (Å²) in [7, 11) is 1.63. The summed E-state index contributed by atoms with van der Waals surface area (Å²) >= 11 is 0. The number of hydrogen-bond acceptors (Lipinski definition) is 4. The van der Waals surface area contributed by atoms with Gasteiger partial charge < -0.3 is 25.0 Å². The lowest BCUT2D eigenvalue weighted by Crippen LogP contribution is -2.44. The molecule has 0 bridgehead atoms. The highest BCUT2D eigenvalue weighted by Crippen LogP contribution is 2.17. The topological polar surface area (TPSA) is 79.9 Å². The van der Waals surface area contributed by atoms with Gasteiger partial charge in [0.2, 0.25) is 0 Å². The van der Waals surface area contributed by atoms with Crippen LogP contribution in [-0.2, 0) is 11.2 Å². The first-order chi connectivity index (χ1) is 14.1. The second kappa shape index (κ2) is 9.93. The number of nitrogens with one attached hydrogen (secondary N) is 2. The average Bonchev–Trinajstić information content (AvgIpc) is 2.73. The van der Waals surface area contributed by atoms with Crippen LogP contribution in [0.15, 0.2) is 48.5 Å². The first-order valence-electron chi connectivity index (χ1n) is 9.74. The minimum absolute atomic E-state index is 0.0306.